The number of thioether (sulfide) groups is 1. The van der Waals surface area contributed by atoms with Crippen molar-refractivity contribution in [3.63, 3.8) is 0 Å². The number of carbonyl (C=O) groups excluding carboxylic acids is 1. The number of amides is 1. The Morgan fingerprint density at radius 2 is 2.30 bits per heavy atom. The third kappa shape index (κ3) is 3.47. The van der Waals surface area contributed by atoms with Crippen molar-refractivity contribution < 1.29 is 9.53 Å². The Morgan fingerprint density at radius 1 is 1.50 bits per heavy atom. The summed E-state index contributed by atoms with van der Waals surface area (Å²) in [5.41, 5.74) is 1.71. The fourth-order valence-corrected chi connectivity index (χ4v) is 2.23. The Bertz CT molecular complexity index is 614. The van der Waals surface area contributed by atoms with Crippen molar-refractivity contribution in [3.8, 4) is 5.75 Å². The Kier molecular flexibility index (Phi) is 4.57. The molecule has 8 heteroatoms. The maximum absolute atomic E-state index is 11.9. The van der Waals surface area contributed by atoms with E-state index in [0.29, 0.717) is 16.6 Å². The van der Waals surface area contributed by atoms with Crippen LogP contribution in [0, 0.1) is 6.92 Å². The van der Waals surface area contributed by atoms with Crippen LogP contribution >= 0.6 is 11.8 Å². The van der Waals surface area contributed by atoms with Crippen molar-refractivity contribution in [2.75, 3.05) is 18.2 Å². The summed E-state index contributed by atoms with van der Waals surface area (Å²) < 4.78 is 6.73. The molecule has 1 aromatic heterocycles. The predicted molar refractivity (Wildman–Crippen MR) is 75.9 cm³/mol. The highest BCUT2D eigenvalue weighted by Gasteiger charge is 2.10. The second-order valence-corrected chi connectivity index (χ2v) is 5.07. The topological polar surface area (TPSA) is 81.9 Å². The van der Waals surface area contributed by atoms with Gasteiger partial charge in [-0.05, 0) is 35.0 Å². The quantitative estimate of drug-likeness (QED) is 0.836. The van der Waals surface area contributed by atoms with Gasteiger partial charge >= 0.3 is 0 Å². The van der Waals surface area contributed by atoms with Gasteiger partial charge < -0.3 is 10.1 Å². The number of nitrogens with zero attached hydrogens (tertiary/aromatic N) is 4. The van der Waals surface area contributed by atoms with Gasteiger partial charge in [0.25, 0.3) is 0 Å². The van der Waals surface area contributed by atoms with Crippen LogP contribution in [0.1, 0.15) is 5.56 Å². The van der Waals surface area contributed by atoms with Gasteiger partial charge in [0.2, 0.25) is 11.1 Å². The molecule has 0 saturated heterocycles. The Morgan fingerprint density at radius 3 is 2.95 bits per heavy atom. The molecule has 0 saturated carbocycles. The van der Waals surface area contributed by atoms with E-state index in [9.17, 15) is 4.79 Å². The van der Waals surface area contributed by atoms with E-state index in [0.717, 1.165) is 5.56 Å². The van der Waals surface area contributed by atoms with Crippen LogP contribution in [0.2, 0.25) is 0 Å². The lowest BCUT2D eigenvalue weighted by Crippen LogP contribution is -2.15. The van der Waals surface area contributed by atoms with Crippen molar-refractivity contribution in [2.45, 2.75) is 12.1 Å². The average Bonchev–Trinajstić information content (AvgIpc) is 2.82. The number of tetrazole rings is 1. The predicted octanol–water partition coefficient (Wildman–Crippen LogP) is 1.26. The van der Waals surface area contributed by atoms with Crippen LogP contribution in [0.5, 0.6) is 5.75 Å². The molecular formula is C12H15N5O2S. The summed E-state index contributed by atoms with van der Waals surface area (Å²) >= 11 is 1.27. The smallest absolute Gasteiger partial charge is 0.234 e. The van der Waals surface area contributed by atoms with Gasteiger partial charge in [0.05, 0.1) is 18.6 Å². The van der Waals surface area contributed by atoms with Crippen molar-refractivity contribution >= 4 is 23.4 Å². The lowest BCUT2D eigenvalue weighted by Gasteiger charge is -2.10. The first-order chi connectivity index (χ1) is 9.60. The number of rotatable bonds is 5. The summed E-state index contributed by atoms with van der Waals surface area (Å²) in [7, 11) is 3.30. The molecule has 20 heavy (non-hydrogen) atoms. The molecule has 0 unspecified atom stereocenters. The van der Waals surface area contributed by atoms with E-state index in [1.807, 2.05) is 25.1 Å². The van der Waals surface area contributed by atoms with Gasteiger partial charge in [-0.15, -0.1) is 5.10 Å². The lowest BCUT2D eigenvalue weighted by molar-refractivity contribution is -0.113. The second-order valence-electron chi connectivity index (χ2n) is 4.13. The van der Waals surface area contributed by atoms with Crippen molar-refractivity contribution in [1.82, 2.24) is 20.2 Å². The van der Waals surface area contributed by atoms with Gasteiger partial charge in [0, 0.05) is 7.05 Å². The van der Waals surface area contributed by atoms with Crippen LogP contribution < -0.4 is 10.1 Å². The van der Waals surface area contributed by atoms with Crippen LogP contribution in [-0.2, 0) is 11.8 Å². The standard InChI is InChI=1S/C12H15N5O2S/c1-8-4-5-10(19-3)9(6-8)13-11(18)7-20-12-14-15-16-17(12)2/h4-6H,7H2,1-3H3,(H,13,18). The zero-order valence-corrected chi connectivity index (χ0v) is 12.3. The molecule has 0 atom stereocenters. The molecule has 0 radical (unpaired) electrons. The number of benzene rings is 1. The third-order valence-electron chi connectivity index (χ3n) is 2.54. The minimum Gasteiger partial charge on any atom is -0.495 e. The molecule has 0 aliphatic heterocycles. The maximum Gasteiger partial charge on any atom is 0.234 e. The summed E-state index contributed by atoms with van der Waals surface area (Å²) in [5, 5.41) is 14.4. The highest BCUT2D eigenvalue weighted by molar-refractivity contribution is 7.99. The van der Waals surface area contributed by atoms with E-state index in [-0.39, 0.29) is 11.7 Å². The first-order valence-corrected chi connectivity index (χ1v) is 6.88. The SMILES string of the molecule is COc1ccc(C)cc1NC(=O)CSc1nnnn1C. The van der Waals surface area contributed by atoms with Crippen LogP contribution in [0.25, 0.3) is 0 Å². The number of hydrogen-bond acceptors (Lipinski definition) is 6. The molecule has 106 valence electrons. The third-order valence-corrected chi connectivity index (χ3v) is 3.55. The Balaban J connectivity index is 1.98. The number of methoxy groups -OCH3 is 1. The minimum atomic E-state index is -0.137. The van der Waals surface area contributed by atoms with Crippen LogP contribution in [0.3, 0.4) is 0 Å². The highest BCUT2D eigenvalue weighted by atomic mass is 32.2. The highest BCUT2D eigenvalue weighted by Crippen LogP contribution is 2.25. The molecule has 0 fully saturated rings. The first-order valence-electron chi connectivity index (χ1n) is 5.90. The fourth-order valence-electron chi connectivity index (χ4n) is 1.58. The van der Waals surface area contributed by atoms with Gasteiger partial charge in [-0.2, -0.15) is 0 Å². The minimum absolute atomic E-state index is 0.137. The van der Waals surface area contributed by atoms with E-state index in [1.165, 1.54) is 16.4 Å². The van der Waals surface area contributed by atoms with Crippen molar-refractivity contribution in [2.24, 2.45) is 7.05 Å². The van der Waals surface area contributed by atoms with Crippen molar-refractivity contribution in [1.29, 1.82) is 0 Å². The molecule has 2 aromatic rings. The first kappa shape index (κ1) is 14.3. The fraction of sp³-hybridized carbons (Fsp3) is 0.333. The van der Waals surface area contributed by atoms with E-state index < -0.39 is 0 Å². The summed E-state index contributed by atoms with van der Waals surface area (Å²) in [6.45, 7) is 1.95. The number of ether oxygens (including phenoxy) is 1. The Hall–Kier alpha value is -2.09. The van der Waals surface area contributed by atoms with Gasteiger partial charge in [-0.25, -0.2) is 4.68 Å². The normalized spacial score (nSPS) is 10.3. The zero-order chi connectivity index (χ0) is 14.5. The monoisotopic (exact) mass is 293 g/mol. The largest absolute Gasteiger partial charge is 0.495 e. The number of hydrogen-bond donors (Lipinski definition) is 1. The lowest BCUT2D eigenvalue weighted by atomic mass is 10.2. The van der Waals surface area contributed by atoms with Gasteiger partial charge in [0.15, 0.2) is 0 Å². The summed E-state index contributed by atoms with van der Waals surface area (Å²) in [6.07, 6.45) is 0. The van der Waals surface area contributed by atoms with Gasteiger partial charge in [-0.1, -0.05) is 17.8 Å². The molecule has 0 aliphatic carbocycles. The molecule has 2 rings (SSSR count). The average molecular weight is 293 g/mol. The molecule has 0 spiro atoms. The number of aryl methyl sites for hydroxylation is 2. The number of carbonyl (C=O) groups is 1. The van der Waals surface area contributed by atoms with Crippen molar-refractivity contribution in [3.05, 3.63) is 23.8 Å². The van der Waals surface area contributed by atoms with E-state index in [1.54, 1.807) is 14.2 Å². The number of nitrogens with one attached hydrogen (secondary N) is 1. The summed E-state index contributed by atoms with van der Waals surface area (Å²) in [6, 6.07) is 5.62. The molecule has 0 aliphatic rings. The zero-order valence-electron chi connectivity index (χ0n) is 11.5. The molecule has 0 bridgehead atoms. The summed E-state index contributed by atoms with van der Waals surface area (Å²) in [5.74, 6) is 0.724. The molecular weight excluding hydrogens is 278 g/mol. The molecule has 1 N–H and O–H groups in total. The number of anilines is 1. The van der Waals surface area contributed by atoms with Crippen LogP contribution in [0.15, 0.2) is 23.4 Å². The molecule has 1 amide bonds. The Labute approximate surface area is 120 Å². The summed E-state index contributed by atoms with van der Waals surface area (Å²) in [4.78, 5) is 11.9. The van der Waals surface area contributed by atoms with E-state index in [4.69, 9.17) is 4.74 Å². The maximum atomic E-state index is 11.9. The van der Waals surface area contributed by atoms with Crippen LogP contribution in [-0.4, -0.2) is 39.0 Å². The molecule has 1 aromatic carbocycles. The number of aromatic nitrogens is 4. The van der Waals surface area contributed by atoms with Gasteiger partial charge in [-0.3, -0.25) is 4.79 Å². The van der Waals surface area contributed by atoms with E-state index in [2.05, 4.69) is 20.8 Å². The van der Waals surface area contributed by atoms with Crippen LogP contribution in [0.4, 0.5) is 5.69 Å². The molecule has 1 heterocycles. The van der Waals surface area contributed by atoms with E-state index >= 15 is 0 Å². The molecule has 7 nitrogen and oxygen atoms in total. The second kappa shape index (κ2) is 6.38. The van der Waals surface area contributed by atoms with Gasteiger partial charge in [0.1, 0.15) is 5.75 Å².